The summed E-state index contributed by atoms with van der Waals surface area (Å²) in [6.07, 6.45) is 0. The van der Waals surface area contributed by atoms with Gasteiger partial charge >= 0.3 is 0 Å². The Labute approximate surface area is 98.9 Å². The molecule has 0 saturated heterocycles. The van der Waals surface area contributed by atoms with Crippen molar-refractivity contribution in [2.45, 2.75) is 13.8 Å². The molecule has 1 aromatic carbocycles. The molecule has 1 heterocycles. The maximum atomic E-state index is 5.89. The number of nitrogen functional groups attached to an aromatic ring is 2. The highest BCUT2D eigenvalue weighted by atomic mass is 32.1. The second-order valence-electron chi connectivity index (χ2n) is 3.58. The van der Waals surface area contributed by atoms with Crippen LogP contribution in [-0.2, 0) is 0 Å². The van der Waals surface area contributed by atoms with E-state index >= 15 is 0 Å². The summed E-state index contributed by atoms with van der Waals surface area (Å²) < 4.78 is 1.08. The lowest BCUT2D eigenvalue weighted by Gasteiger charge is -2.21. The lowest BCUT2D eigenvalue weighted by atomic mass is 10.2. The Kier molecular flexibility index (Phi) is 2.87. The number of aromatic nitrogens is 1. The zero-order valence-corrected chi connectivity index (χ0v) is 10.3. The molecular formula is C11H16N4S. The summed E-state index contributed by atoms with van der Waals surface area (Å²) in [5.41, 5.74) is 14.3. The highest BCUT2D eigenvalue weighted by molar-refractivity contribution is 7.22. The van der Waals surface area contributed by atoms with Crippen LogP contribution in [0.1, 0.15) is 13.8 Å². The van der Waals surface area contributed by atoms with E-state index in [1.165, 1.54) is 17.0 Å². The quantitative estimate of drug-likeness (QED) is 0.802. The second-order valence-corrected chi connectivity index (χ2v) is 4.61. The minimum atomic E-state index is 0.571. The molecule has 0 amide bonds. The molecule has 0 fully saturated rings. The van der Waals surface area contributed by atoms with Gasteiger partial charge in [-0.1, -0.05) is 11.3 Å². The van der Waals surface area contributed by atoms with Crippen LogP contribution in [0.5, 0.6) is 0 Å². The summed E-state index contributed by atoms with van der Waals surface area (Å²) in [5.74, 6) is 0. The lowest BCUT2D eigenvalue weighted by molar-refractivity contribution is 0.871. The molecule has 0 bridgehead atoms. The summed E-state index contributed by atoms with van der Waals surface area (Å²) >= 11 is 1.50. The molecular weight excluding hydrogens is 220 g/mol. The highest BCUT2D eigenvalue weighted by Crippen LogP contribution is 2.36. The van der Waals surface area contributed by atoms with Gasteiger partial charge in [0.1, 0.15) is 5.52 Å². The van der Waals surface area contributed by atoms with Crippen LogP contribution in [0, 0.1) is 0 Å². The fourth-order valence-electron chi connectivity index (χ4n) is 1.84. The molecule has 0 atom stereocenters. The van der Waals surface area contributed by atoms with Crippen molar-refractivity contribution in [1.82, 2.24) is 4.98 Å². The van der Waals surface area contributed by atoms with Crippen LogP contribution in [-0.4, -0.2) is 18.1 Å². The van der Waals surface area contributed by atoms with Crippen molar-refractivity contribution in [1.29, 1.82) is 0 Å². The average molecular weight is 236 g/mol. The molecule has 4 nitrogen and oxygen atoms in total. The van der Waals surface area contributed by atoms with Crippen LogP contribution in [0.4, 0.5) is 16.5 Å². The number of nitrogens with two attached hydrogens (primary N) is 2. The third-order valence-corrected chi connectivity index (χ3v) is 3.58. The van der Waals surface area contributed by atoms with E-state index in [1.54, 1.807) is 0 Å². The molecule has 0 radical (unpaired) electrons. The normalized spacial score (nSPS) is 10.9. The van der Waals surface area contributed by atoms with Gasteiger partial charge in [-0.25, -0.2) is 4.98 Å². The molecule has 4 N–H and O–H groups in total. The highest BCUT2D eigenvalue weighted by Gasteiger charge is 2.12. The van der Waals surface area contributed by atoms with Crippen molar-refractivity contribution in [3.8, 4) is 0 Å². The lowest BCUT2D eigenvalue weighted by Crippen LogP contribution is -2.21. The van der Waals surface area contributed by atoms with Crippen molar-refractivity contribution < 1.29 is 0 Å². The Balaban J connectivity index is 2.66. The van der Waals surface area contributed by atoms with E-state index in [2.05, 4.69) is 23.7 Å². The Morgan fingerprint density at radius 2 is 1.94 bits per heavy atom. The molecule has 16 heavy (non-hydrogen) atoms. The van der Waals surface area contributed by atoms with Crippen molar-refractivity contribution in [3.05, 3.63) is 12.1 Å². The molecule has 2 aromatic rings. The van der Waals surface area contributed by atoms with Crippen LogP contribution in [0.15, 0.2) is 12.1 Å². The molecule has 2 rings (SSSR count). The monoisotopic (exact) mass is 236 g/mol. The number of benzene rings is 1. The first-order valence-electron chi connectivity index (χ1n) is 5.36. The van der Waals surface area contributed by atoms with Gasteiger partial charge in [-0.3, -0.25) is 0 Å². The molecule has 0 aliphatic carbocycles. The number of anilines is 3. The first kappa shape index (κ1) is 11.0. The van der Waals surface area contributed by atoms with Gasteiger partial charge in [-0.15, -0.1) is 0 Å². The smallest absolute Gasteiger partial charge is 0.181 e. The van der Waals surface area contributed by atoms with Crippen molar-refractivity contribution in [2.75, 3.05) is 29.5 Å². The van der Waals surface area contributed by atoms with Gasteiger partial charge in [0.2, 0.25) is 0 Å². The van der Waals surface area contributed by atoms with E-state index in [0.29, 0.717) is 10.8 Å². The fraction of sp³-hybridized carbons (Fsp3) is 0.364. The Bertz CT molecular complexity index is 502. The van der Waals surface area contributed by atoms with Gasteiger partial charge in [0, 0.05) is 13.1 Å². The van der Waals surface area contributed by atoms with Crippen LogP contribution >= 0.6 is 11.3 Å². The Hall–Kier alpha value is -1.49. The first-order valence-corrected chi connectivity index (χ1v) is 6.18. The van der Waals surface area contributed by atoms with Crippen molar-refractivity contribution >= 4 is 38.1 Å². The third kappa shape index (κ3) is 1.67. The van der Waals surface area contributed by atoms with Crippen LogP contribution < -0.4 is 16.4 Å². The molecule has 0 aliphatic heterocycles. The topological polar surface area (TPSA) is 68.2 Å². The Morgan fingerprint density at radius 1 is 1.25 bits per heavy atom. The third-order valence-electron chi connectivity index (χ3n) is 2.67. The maximum Gasteiger partial charge on any atom is 0.181 e. The van der Waals surface area contributed by atoms with Gasteiger partial charge in [0.15, 0.2) is 5.13 Å². The largest absolute Gasteiger partial charge is 0.397 e. The molecule has 0 saturated carbocycles. The fourth-order valence-corrected chi connectivity index (χ4v) is 2.75. The molecule has 5 heteroatoms. The van der Waals surface area contributed by atoms with Crippen molar-refractivity contribution in [3.63, 3.8) is 0 Å². The first-order chi connectivity index (χ1) is 7.67. The second kappa shape index (κ2) is 4.17. The van der Waals surface area contributed by atoms with E-state index in [4.69, 9.17) is 11.5 Å². The van der Waals surface area contributed by atoms with Gasteiger partial charge in [-0.2, -0.15) is 0 Å². The van der Waals surface area contributed by atoms with Crippen LogP contribution in [0.3, 0.4) is 0 Å². The summed E-state index contributed by atoms with van der Waals surface area (Å²) in [7, 11) is 0. The molecule has 0 aliphatic rings. The van der Waals surface area contributed by atoms with E-state index in [-0.39, 0.29) is 0 Å². The molecule has 0 spiro atoms. The Morgan fingerprint density at radius 3 is 2.56 bits per heavy atom. The summed E-state index contributed by atoms with van der Waals surface area (Å²) in [6, 6.07) is 3.94. The minimum absolute atomic E-state index is 0.571. The SMILES string of the molecule is CCN(CC)c1ccc(N)c2nc(N)sc12. The van der Waals surface area contributed by atoms with Gasteiger partial charge in [-0.05, 0) is 26.0 Å². The van der Waals surface area contributed by atoms with Gasteiger partial charge in [0.05, 0.1) is 16.1 Å². The van der Waals surface area contributed by atoms with E-state index in [1.807, 2.05) is 12.1 Å². The predicted octanol–water partition coefficient (Wildman–Crippen LogP) is 2.31. The molecule has 0 unspecified atom stereocenters. The zero-order chi connectivity index (χ0) is 11.7. The van der Waals surface area contributed by atoms with Gasteiger partial charge < -0.3 is 16.4 Å². The summed E-state index contributed by atoms with van der Waals surface area (Å²) in [4.78, 5) is 6.55. The van der Waals surface area contributed by atoms with E-state index < -0.39 is 0 Å². The number of rotatable bonds is 3. The standard InChI is InChI=1S/C11H16N4S/c1-3-15(4-2)8-6-5-7(12)9-10(8)16-11(13)14-9/h5-6H,3-4,12H2,1-2H3,(H2,13,14). The van der Waals surface area contributed by atoms with Crippen molar-refractivity contribution in [2.24, 2.45) is 0 Å². The number of nitrogens with zero attached hydrogens (tertiary/aromatic N) is 2. The van der Waals surface area contributed by atoms with Crippen LogP contribution in [0.2, 0.25) is 0 Å². The van der Waals surface area contributed by atoms with Crippen LogP contribution in [0.25, 0.3) is 10.2 Å². The molecule has 86 valence electrons. The van der Waals surface area contributed by atoms with E-state index in [0.717, 1.165) is 23.3 Å². The molecule has 1 aromatic heterocycles. The summed E-state index contributed by atoms with van der Waals surface area (Å²) in [5, 5.41) is 0.571. The number of fused-ring (bicyclic) bond motifs is 1. The predicted molar refractivity (Wildman–Crippen MR) is 72.0 cm³/mol. The van der Waals surface area contributed by atoms with E-state index in [9.17, 15) is 0 Å². The number of thiazole rings is 1. The zero-order valence-electron chi connectivity index (χ0n) is 9.53. The van der Waals surface area contributed by atoms with Gasteiger partial charge in [0.25, 0.3) is 0 Å². The minimum Gasteiger partial charge on any atom is -0.397 e. The number of hydrogen-bond donors (Lipinski definition) is 2. The maximum absolute atomic E-state index is 5.89. The average Bonchev–Trinajstić information content (AvgIpc) is 2.65. The number of hydrogen-bond acceptors (Lipinski definition) is 5. The summed E-state index contributed by atoms with van der Waals surface area (Å²) in [6.45, 7) is 6.20.